The molecule has 142 valence electrons. The highest BCUT2D eigenvalue weighted by molar-refractivity contribution is 6.31. The first-order valence-electron chi connectivity index (χ1n) is 8.98. The second-order valence-electron chi connectivity index (χ2n) is 6.75. The van der Waals surface area contributed by atoms with Crippen molar-refractivity contribution in [3.05, 3.63) is 64.2 Å². The average Bonchev–Trinajstić information content (AvgIpc) is 2.68. The van der Waals surface area contributed by atoms with Crippen molar-refractivity contribution in [3.63, 3.8) is 0 Å². The van der Waals surface area contributed by atoms with Gasteiger partial charge in [0.15, 0.2) is 0 Å². The van der Waals surface area contributed by atoms with Crippen molar-refractivity contribution in [3.8, 4) is 5.75 Å². The molecule has 6 heteroatoms. The number of aryl methyl sites for hydroxylation is 1. The molecule has 2 aromatic rings. The monoisotopic (exact) mass is 386 g/mol. The van der Waals surface area contributed by atoms with Crippen LogP contribution in [0, 0.1) is 6.92 Å². The molecule has 0 aliphatic carbocycles. The lowest BCUT2D eigenvalue weighted by atomic mass is 10.0. The number of halogens is 1. The quantitative estimate of drug-likeness (QED) is 0.871. The summed E-state index contributed by atoms with van der Waals surface area (Å²) in [5.74, 6) is 0.317. The van der Waals surface area contributed by atoms with Gasteiger partial charge in [0.05, 0.1) is 12.7 Å². The van der Waals surface area contributed by atoms with E-state index in [9.17, 15) is 9.59 Å². The van der Waals surface area contributed by atoms with Crippen LogP contribution in [0.1, 0.15) is 39.1 Å². The lowest BCUT2D eigenvalue weighted by Gasteiger charge is -2.32. The number of nitrogens with zero attached hydrogens (tertiary/aromatic N) is 1. The minimum Gasteiger partial charge on any atom is -0.496 e. The summed E-state index contributed by atoms with van der Waals surface area (Å²) in [6, 6.07) is 12.6. The molecule has 5 nitrogen and oxygen atoms in total. The highest BCUT2D eigenvalue weighted by Crippen LogP contribution is 2.23. The zero-order valence-corrected chi connectivity index (χ0v) is 16.3. The van der Waals surface area contributed by atoms with Crippen molar-refractivity contribution in [2.24, 2.45) is 0 Å². The van der Waals surface area contributed by atoms with E-state index in [0.29, 0.717) is 47.8 Å². The molecular formula is C21H23ClN2O3. The first kappa shape index (κ1) is 19.2. The molecule has 0 bridgehead atoms. The van der Waals surface area contributed by atoms with Crippen LogP contribution < -0.4 is 10.1 Å². The van der Waals surface area contributed by atoms with Gasteiger partial charge < -0.3 is 15.0 Å². The Hall–Kier alpha value is -2.53. The smallest absolute Gasteiger partial charge is 0.255 e. The summed E-state index contributed by atoms with van der Waals surface area (Å²) in [6.45, 7) is 3.23. The number of piperidine rings is 1. The largest absolute Gasteiger partial charge is 0.496 e. The number of carbonyl (C=O) groups is 2. The Kier molecular flexibility index (Phi) is 6.01. The van der Waals surface area contributed by atoms with Gasteiger partial charge in [-0.3, -0.25) is 9.59 Å². The van der Waals surface area contributed by atoms with E-state index in [4.69, 9.17) is 16.3 Å². The van der Waals surface area contributed by atoms with Gasteiger partial charge in [0.1, 0.15) is 5.75 Å². The van der Waals surface area contributed by atoms with Gasteiger partial charge in [-0.15, -0.1) is 0 Å². The Balaban J connectivity index is 1.58. The predicted molar refractivity (Wildman–Crippen MR) is 106 cm³/mol. The number of methoxy groups -OCH3 is 1. The highest BCUT2D eigenvalue weighted by atomic mass is 35.5. The molecule has 0 unspecified atom stereocenters. The van der Waals surface area contributed by atoms with Crippen LogP contribution in [0.15, 0.2) is 42.5 Å². The number of benzene rings is 2. The molecule has 1 saturated heterocycles. The summed E-state index contributed by atoms with van der Waals surface area (Å²) < 4.78 is 5.24. The van der Waals surface area contributed by atoms with Crippen LogP contribution in [0.4, 0.5) is 0 Å². The number of rotatable bonds is 4. The van der Waals surface area contributed by atoms with Crippen LogP contribution >= 0.6 is 11.6 Å². The standard InChI is InChI=1S/C21H23ClN2O3/c1-14-3-5-15(6-4-14)21(26)24-11-9-17(10-12-24)23-20(25)18-13-16(22)7-8-19(18)27-2/h3-8,13,17H,9-12H2,1-2H3,(H,23,25). The summed E-state index contributed by atoms with van der Waals surface area (Å²) in [5.41, 5.74) is 2.25. The second-order valence-corrected chi connectivity index (χ2v) is 7.19. The van der Waals surface area contributed by atoms with Crippen molar-refractivity contribution in [1.82, 2.24) is 10.2 Å². The van der Waals surface area contributed by atoms with Crippen molar-refractivity contribution in [1.29, 1.82) is 0 Å². The maximum Gasteiger partial charge on any atom is 0.255 e. The number of hydrogen-bond acceptors (Lipinski definition) is 3. The van der Waals surface area contributed by atoms with E-state index >= 15 is 0 Å². The number of hydrogen-bond donors (Lipinski definition) is 1. The molecule has 1 fully saturated rings. The van der Waals surface area contributed by atoms with Gasteiger partial charge >= 0.3 is 0 Å². The zero-order valence-electron chi connectivity index (χ0n) is 15.5. The number of nitrogens with one attached hydrogen (secondary N) is 1. The number of likely N-dealkylation sites (tertiary alicyclic amines) is 1. The molecule has 1 heterocycles. The van der Waals surface area contributed by atoms with Gasteiger partial charge in [0.2, 0.25) is 0 Å². The number of amides is 2. The number of ether oxygens (including phenoxy) is 1. The van der Waals surface area contributed by atoms with E-state index in [1.54, 1.807) is 18.2 Å². The average molecular weight is 387 g/mol. The van der Waals surface area contributed by atoms with E-state index in [2.05, 4.69) is 5.32 Å². The molecule has 0 atom stereocenters. The van der Waals surface area contributed by atoms with Crippen LogP contribution in [0.2, 0.25) is 5.02 Å². The molecule has 27 heavy (non-hydrogen) atoms. The third-order valence-electron chi connectivity index (χ3n) is 4.82. The van der Waals surface area contributed by atoms with Crippen LogP contribution in [0.3, 0.4) is 0 Å². The van der Waals surface area contributed by atoms with E-state index in [1.807, 2.05) is 36.1 Å². The second kappa shape index (κ2) is 8.44. The molecular weight excluding hydrogens is 364 g/mol. The first-order chi connectivity index (χ1) is 13.0. The summed E-state index contributed by atoms with van der Waals surface area (Å²) in [7, 11) is 1.52. The lowest BCUT2D eigenvalue weighted by Crippen LogP contribution is -2.46. The molecule has 0 spiro atoms. The highest BCUT2D eigenvalue weighted by Gasteiger charge is 2.25. The van der Waals surface area contributed by atoms with Crippen LogP contribution in [-0.4, -0.2) is 43.0 Å². The molecule has 0 saturated carbocycles. The summed E-state index contributed by atoms with van der Waals surface area (Å²) in [6.07, 6.45) is 1.43. The maximum atomic E-state index is 12.6. The molecule has 3 rings (SSSR count). The molecule has 1 N–H and O–H groups in total. The lowest BCUT2D eigenvalue weighted by molar-refractivity contribution is 0.0698. The van der Waals surface area contributed by atoms with Gasteiger partial charge in [-0.05, 0) is 50.1 Å². The Morgan fingerprint density at radius 2 is 1.78 bits per heavy atom. The van der Waals surface area contributed by atoms with Crippen molar-refractivity contribution in [2.75, 3.05) is 20.2 Å². The molecule has 0 aromatic heterocycles. The van der Waals surface area contributed by atoms with E-state index in [0.717, 1.165) is 5.56 Å². The summed E-state index contributed by atoms with van der Waals surface area (Å²) >= 11 is 6.00. The van der Waals surface area contributed by atoms with Gasteiger partial charge in [0.25, 0.3) is 11.8 Å². The maximum absolute atomic E-state index is 12.6. The molecule has 1 aliphatic heterocycles. The fraction of sp³-hybridized carbons (Fsp3) is 0.333. The summed E-state index contributed by atoms with van der Waals surface area (Å²) in [5, 5.41) is 3.51. The molecule has 0 radical (unpaired) electrons. The van der Waals surface area contributed by atoms with E-state index in [-0.39, 0.29) is 17.9 Å². The SMILES string of the molecule is COc1ccc(Cl)cc1C(=O)NC1CCN(C(=O)c2ccc(C)cc2)CC1. The first-order valence-corrected chi connectivity index (χ1v) is 9.36. The van der Waals surface area contributed by atoms with E-state index < -0.39 is 0 Å². The van der Waals surface area contributed by atoms with Crippen molar-refractivity contribution < 1.29 is 14.3 Å². The van der Waals surface area contributed by atoms with Gasteiger partial charge in [-0.2, -0.15) is 0 Å². The van der Waals surface area contributed by atoms with Gasteiger partial charge in [-0.25, -0.2) is 0 Å². The Bertz CT molecular complexity index is 828. The third-order valence-corrected chi connectivity index (χ3v) is 5.06. The Morgan fingerprint density at radius 1 is 1.11 bits per heavy atom. The van der Waals surface area contributed by atoms with Crippen LogP contribution in [0.25, 0.3) is 0 Å². The predicted octanol–water partition coefficient (Wildman–Crippen LogP) is 3.69. The molecule has 2 amide bonds. The topological polar surface area (TPSA) is 58.6 Å². The third kappa shape index (κ3) is 4.61. The zero-order chi connectivity index (χ0) is 19.4. The Morgan fingerprint density at radius 3 is 2.41 bits per heavy atom. The number of carbonyl (C=O) groups excluding carboxylic acids is 2. The minimum atomic E-state index is -0.210. The summed E-state index contributed by atoms with van der Waals surface area (Å²) in [4.78, 5) is 27.0. The van der Waals surface area contributed by atoms with Crippen LogP contribution in [-0.2, 0) is 0 Å². The van der Waals surface area contributed by atoms with Gasteiger partial charge in [0, 0.05) is 29.7 Å². The molecule has 2 aromatic carbocycles. The fourth-order valence-corrected chi connectivity index (χ4v) is 3.40. The molecule has 1 aliphatic rings. The normalized spacial score (nSPS) is 14.7. The van der Waals surface area contributed by atoms with Crippen LogP contribution in [0.5, 0.6) is 5.75 Å². The van der Waals surface area contributed by atoms with Crippen molar-refractivity contribution >= 4 is 23.4 Å². The Labute approximate surface area is 164 Å². The minimum absolute atomic E-state index is 0.0169. The van der Waals surface area contributed by atoms with Gasteiger partial charge in [-0.1, -0.05) is 29.3 Å². The van der Waals surface area contributed by atoms with E-state index in [1.165, 1.54) is 7.11 Å². The van der Waals surface area contributed by atoms with Crippen molar-refractivity contribution in [2.45, 2.75) is 25.8 Å². The fourth-order valence-electron chi connectivity index (χ4n) is 3.23.